The summed E-state index contributed by atoms with van der Waals surface area (Å²) in [5.74, 6) is 1.09. The molecule has 2 aromatic rings. The lowest BCUT2D eigenvalue weighted by Gasteiger charge is -2.25. The van der Waals surface area contributed by atoms with Gasteiger partial charge in [0.25, 0.3) is 5.91 Å². The molecule has 7 nitrogen and oxygen atoms in total. The van der Waals surface area contributed by atoms with Crippen LogP contribution in [0.4, 0.5) is 0 Å². The number of hydrogen-bond donors (Lipinski definition) is 1. The van der Waals surface area contributed by atoms with E-state index in [0.29, 0.717) is 36.7 Å². The molecule has 1 fully saturated rings. The van der Waals surface area contributed by atoms with Gasteiger partial charge in [0.2, 0.25) is 5.91 Å². The quantitative estimate of drug-likeness (QED) is 0.755. The summed E-state index contributed by atoms with van der Waals surface area (Å²) in [6.07, 6.45) is 5.58. The largest absolute Gasteiger partial charge is 0.466 e. The standard InChI is InChI=1S/C21H27N3O4/c1-15-12-19(16(2)28-15)21(26)24(14-18-4-3-11-27-18)10-7-20(25)23-13-17-5-8-22-9-6-17/h5-6,8-9,12,18H,3-4,7,10-11,13-14H2,1-2H3,(H,23,25)/t18-/m0/s1. The maximum absolute atomic E-state index is 13.0. The first-order chi connectivity index (χ1) is 13.5. The van der Waals surface area contributed by atoms with E-state index >= 15 is 0 Å². The molecule has 0 saturated carbocycles. The van der Waals surface area contributed by atoms with Gasteiger partial charge in [0.05, 0.1) is 11.7 Å². The van der Waals surface area contributed by atoms with Crippen molar-refractivity contribution in [2.45, 2.75) is 45.8 Å². The van der Waals surface area contributed by atoms with Gasteiger partial charge in [-0.2, -0.15) is 0 Å². The number of aryl methyl sites for hydroxylation is 2. The third kappa shape index (κ3) is 5.42. The van der Waals surface area contributed by atoms with Gasteiger partial charge in [0, 0.05) is 45.1 Å². The van der Waals surface area contributed by atoms with Crippen LogP contribution in [-0.4, -0.2) is 47.5 Å². The number of ether oxygens (including phenoxy) is 1. The van der Waals surface area contributed by atoms with Crippen LogP contribution in [0.25, 0.3) is 0 Å². The average molecular weight is 385 g/mol. The maximum Gasteiger partial charge on any atom is 0.257 e. The van der Waals surface area contributed by atoms with Gasteiger partial charge in [0.15, 0.2) is 0 Å². The Morgan fingerprint density at radius 2 is 2.07 bits per heavy atom. The van der Waals surface area contributed by atoms with Crippen LogP contribution in [0.2, 0.25) is 0 Å². The van der Waals surface area contributed by atoms with E-state index in [1.807, 2.05) is 19.1 Å². The Kier molecular flexibility index (Phi) is 6.81. The van der Waals surface area contributed by atoms with Crippen LogP contribution in [0, 0.1) is 13.8 Å². The highest BCUT2D eigenvalue weighted by Gasteiger charge is 2.26. The predicted octanol–water partition coefficient (Wildman–Crippen LogP) is 2.62. The average Bonchev–Trinajstić information content (AvgIpc) is 3.32. The van der Waals surface area contributed by atoms with Crippen molar-refractivity contribution in [2.75, 3.05) is 19.7 Å². The van der Waals surface area contributed by atoms with Crippen LogP contribution in [0.5, 0.6) is 0 Å². The molecule has 1 N–H and O–H groups in total. The number of hydrogen-bond acceptors (Lipinski definition) is 5. The second kappa shape index (κ2) is 9.50. The van der Waals surface area contributed by atoms with E-state index in [4.69, 9.17) is 9.15 Å². The molecule has 0 aliphatic carbocycles. The molecule has 3 heterocycles. The number of furan rings is 1. The second-order valence-corrected chi connectivity index (χ2v) is 7.10. The second-order valence-electron chi connectivity index (χ2n) is 7.10. The number of pyridine rings is 1. The first kappa shape index (κ1) is 20.1. The predicted molar refractivity (Wildman–Crippen MR) is 104 cm³/mol. The number of nitrogens with one attached hydrogen (secondary N) is 1. The molecule has 0 unspecified atom stereocenters. The molecule has 1 aliphatic rings. The molecule has 1 saturated heterocycles. The van der Waals surface area contributed by atoms with Gasteiger partial charge in [-0.05, 0) is 50.5 Å². The zero-order valence-electron chi connectivity index (χ0n) is 16.4. The summed E-state index contributed by atoms with van der Waals surface area (Å²) in [7, 11) is 0. The van der Waals surface area contributed by atoms with Crippen LogP contribution in [0.1, 0.15) is 46.7 Å². The molecule has 2 amide bonds. The highest BCUT2D eigenvalue weighted by atomic mass is 16.5. The molecular weight excluding hydrogens is 358 g/mol. The Balaban J connectivity index is 1.59. The summed E-state index contributed by atoms with van der Waals surface area (Å²) in [5.41, 5.74) is 1.54. The molecule has 2 aromatic heterocycles. The fourth-order valence-electron chi connectivity index (χ4n) is 3.35. The minimum Gasteiger partial charge on any atom is -0.466 e. The third-order valence-electron chi connectivity index (χ3n) is 4.85. The monoisotopic (exact) mass is 385 g/mol. The van der Waals surface area contributed by atoms with Crippen molar-refractivity contribution >= 4 is 11.8 Å². The van der Waals surface area contributed by atoms with E-state index < -0.39 is 0 Å². The molecule has 3 rings (SSSR count). The molecule has 0 bridgehead atoms. The van der Waals surface area contributed by atoms with Crippen molar-refractivity contribution < 1.29 is 18.7 Å². The van der Waals surface area contributed by atoms with Crippen molar-refractivity contribution in [2.24, 2.45) is 0 Å². The number of carbonyl (C=O) groups is 2. The van der Waals surface area contributed by atoms with Gasteiger partial charge < -0.3 is 19.4 Å². The number of aromatic nitrogens is 1. The Morgan fingerprint density at radius 1 is 1.29 bits per heavy atom. The number of rotatable bonds is 8. The van der Waals surface area contributed by atoms with Gasteiger partial charge in [-0.15, -0.1) is 0 Å². The minimum atomic E-state index is -0.119. The first-order valence-electron chi connectivity index (χ1n) is 9.66. The zero-order valence-corrected chi connectivity index (χ0v) is 16.4. The number of amides is 2. The highest BCUT2D eigenvalue weighted by molar-refractivity contribution is 5.95. The summed E-state index contributed by atoms with van der Waals surface area (Å²) in [6.45, 7) is 5.60. The van der Waals surface area contributed by atoms with Crippen LogP contribution in [-0.2, 0) is 16.1 Å². The van der Waals surface area contributed by atoms with Crippen molar-refractivity contribution in [1.82, 2.24) is 15.2 Å². The summed E-state index contributed by atoms with van der Waals surface area (Å²) in [6, 6.07) is 5.47. The lowest BCUT2D eigenvalue weighted by atomic mass is 10.1. The van der Waals surface area contributed by atoms with Gasteiger partial charge in [-0.3, -0.25) is 14.6 Å². The highest BCUT2D eigenvalue weighted by Crippen LogP contribution is 2.19. The molecule has 28 heavy (non-hydrogen) atoms. The SMILES string of the molecule is Cc1cc(C(=O)N(CCC(=O)NCc2ccncc2)C[C@@H]2CCCO2)c(C)o1. The lowest BCUT2D eigenvalue weighted by Crippen LogP contribution is -2.40. The molecule has 150 valence electrons. The molecule has 1 aliphatic heterocycles. The smallest absolute Gasteiger partial charge is 0.257 e. The van der Waals surface area contributed by atoms with Crippen molar-refractivity contribution in [3.8, 4) is 0 Å². The van der Waals surface area contributed by atoms with Crippen molar-refractivity contribution in [3.05, 3.63) is 53.2 Å². The Hall–Kier alpha value is -2.67. The van der Waals surface area contributed by atoms with E-state index in [-0.39, 0.29) is 24.3 Å². The zero-order chi connectivity index (χ0) is 19.9. The van der Waals surface area contributed by atoms with Gasteiger partial charge in [0.1, 0.15) is 11.5 Å². The third-order valence-corrected chi connectivity index (χ3v) is 4.85. The van der Waals surface area contributed by atoms with Crippen LogP contribution in [0.15, 0.2) is 35.0 Å². The van der Waals surface area contributed by atoms with E-state index in [0.717, 1.165) is 25.0 Å². The van der Waals surface area contributed by atoms with Crippen LogP contribution < -0.4 is 5.32 Å². The number of carbonyl (C=O) groups excluding carboxylic acids is 2. The summed E-state index contributed by atoms with van der Waals surface area (Å²) in [5, 5.41) is 2.89. The maximum atomic E-state index is 13.0. The van der Waals surface area contributed by atoms with E-state index in [2.05, 4.69) is 10.3 Å². The topological polar surface area (TPSA) is 84.7 Å². The van der Waals surface area contributed by atoms with Crippen molar-refractivity contribution in [1.29, 1.82) is 0 Å². The Labute approximate surface area is 165 Å². The normalized spacial score (nSPS) is 16.1. The first-order valence-corrected chi connectivity index (χ1v) is 9.66. The van der Waals surface area contributed by atoms with E-state index in [1.54, 1.807) is 30.3 Å². The lowest BCUT2D eigenvalue weighted by molar-refractivity contribution is -0.121. The molecule has 0 spiro atoms. The van der Waals surface area contributed by atoms with Gasteiger partial charge in [-0.1, -0.05) is 0 Å². The summed E-state index contributed by atoms with van der Waals surface area (Å²) in [4.78, 5) is 31.0. The van der Waals surface area contributed by atoms with Gasteiger partial charge >= 0.3 is 0 Å². The summed E-state index contributed by atoms with van der Waals surface area (Å²) < 4.78 is 11.2. The van der Waals surface area contributed by atoms with Crippen LogP contribution >= 0.6 is 0 Å². The number of nitrogens with zero attached hydrogens (tertiary/aromatic N) is 2. The molecule has 0 aromatic carbocycles. The fourth-order valence-corrected chi connectivity index (χ4v) is 3.35. The molecular formula is C21H27N3O4. The molecule has 0 radical (unpaired) electrons. The van der Waals surface area contributed by atoms with E-state index in [9.17, 15) is 9.59 Å². The van der Waals surface area contributed by atoms with E-state index in [1.165, 1.54) is 0 Å². The van der Waals surface area contributed by atoms with Crippen molar-refractivity contribution in [3.63, 3.8) is 0 Å². The van der Waals surface area contributed by atoms with Gasteiger partial charge in [-0.25, -0.2) is 0 Å². The fraction of sp³-hybridized carbons (Fsp3) is 0.476. The molecule has 7 heteroatoms. The Morgan fingerprint density at radius 3 is 2.71 bits per heavy atom. The van der Waals surface area contributed by atoms with Crippen LogP contribution in [0.3, 0.4) is 0 Å². The Bertz CT molecular complexity index is 797. The summed E-state index contributed by atoms with van der Waals surface area (Å²) >= 11 is 0. The molecule has 1 atom stereocenters. The minimum absolute atomic E-state index is 0.0251.